The highest BCUT2D eigenvalue weighted by Crippen LogP contribution is 2.27. The molecule has 1 atom stereocenters. The summed E-state index contributed by atoms with van der Waals surface area (Å²) >= 11 is 6.36. The van der Waals surface area contributed by atoms with Gasteiger partial charge in [0.25, 0.3) is 11.2 Å². The molecule has 1 fully saturated rings. The van der Waals surface area contributed by atoms with Crippen LogP contribution in [0.2, 0.25) is 5.02 Å². The summed E-state index contributed by atoms with van der Waals surface area (Å²) in [6, 6.07) is 5.60. The molecule has 0 radical (unpaired) electrons. The molecule has 3 rings (SSSR count). The summed E-state index contributed by atoms with van der Waals surface area (Å²) in [7, 11) is 0. The number of benzene rings is 1. The summed E-state index contributed by atoms with van der Waals surface area (Å²) in [5.74, 6) is 0.395. The molecule has 1 aliphatic heterocycles. The molecule has 1 aromatic carbocycles. The van der Waals surface area contributed by atoms with E-state index in [-0.39, 0.29) is 10.7 Å². The number of piperidine rings is 1. The molecule has 0 saturated carbocycles. The number of anilines is 1. The van der Waals surface area contributed by atoms with Crippen molar-refractivity contribution < 1.29 is 9.66 Å². The normalized spacial score (nSPS) is 17.1. The van der Waals surface area contributed by atoms with Crippen LogP contribution >= 0.6 is 11.6 Å². The Bertz CT molecular complexity index is 869. The molecule has 8 nitrogen and oxygen atoms in total. The van der Waals surface area contributed by atoms with Crippen molar-refractivity contribution in [1.29, 1.82) is 0 Å². The lowest BCUT2D eigenvalue weighted by atomic mass is 9.98. The zero-order chi connectivity index (χ0) is 19.4. The van der Waals surface area contributed by atoms with Crippen molar-refractivity contribution in [2.45, 2.75) is 19.8 Å². The summed E-state index contributed by atoms with van der Waals surface area (Å²) in [5, 5.41) is 15.1. The van der Waals surface area contributed by atoms with Crippen LogP contribution in [0.15, 0.2) is 35.3 Å². The summed E-state index contributed by atoms with van der Waals surface area (Å²) in [5.41, 5.74) is 0.533. The van der Waals surface area contributed by atoms with E-state index in [1.165, 1.54) is 24.3 Å². The smallest absolute Gasteiger partial charge is 0.292 e. The molecule has 144 valence electrons. The molecule has 2 aromatic rings. The first-order chi connectivity index (χ1) is 13.0. The number of halogens is 1. The fourth-order valence-electron chi connectivity index (χ4n) is 3.25. The number of hydrogen-bond acceptors (Lipinski definition) is 6. The Labute approximate surface area is 161 Å². The zero-order valence-electron chi connectivity index (χ0n) is 15.0. The average molecular weight is 393 g/mol. The van der Waals surface area contributed by atoms with Gasteiger partial charge in [-0.15, -0.1) is 0 Å². The first kappa shape index (κ1) is 19.3. The van der Waals surface area contributed by atoms with Crippen LogP contribution < -0.4 is 10.5 Å². The molecule has 0 spiro atoms. The third kappa shape index (κ3) is 4.28. The van der Waals surface area contributed by atoms with E-state index in [1.54, 1.807) is 6.20 Å². The van der Waals surface area contributed by atoms with Gasteiger partial charge < -0.3 is 9.64 Å². The van der Waals surface area contributed by atoms with E-state index in [9.17, 15) is 14.9 Å². The lowest BCUT2D eigenvalue weighted by Gasteiger charge is -2.34. The molecule has 1 saturated heterocycles. The van der Waals surface area contributed by atoms with Crippen molar-refractivity contribution in [3.63, 3.8) is 0 Å². The Balaban J connectivity index is 1.84. The largest absolute Gasteiger partial charge is 0.381 e. The SMILES string of the molecule is CCOCC1CCCN(c2cnn(-c3ccc([N+](=O)[O-])cc3)c(=O)c2Cl)C1. The third-order valence-electron chi connectivity index (χ3n) is 4.62. The molecule has 0 N–H and O–H groups in total. The second kappa shape index (κ2) is 8.49. The van der Waals surface area contributed by atoms with Gasteiger partial charge in [0, 0.05) is 31.8 Å². The van der Waals surface area contributed by atoms with Gasteiger partial charge in [0.1, 0.15) is 5.02 Å². The highest BCUT2D eigenvalue weighted by Gasteiger charge is 2.24. The molecule has 0 aliphatic carbocycles. The van der Waals surface area contributed by atoms with Crippen LogP contribution in [0.4, 0.5) is 11.4 Å². The third-order valence-corrected chi connectivity index (χ3v) is 4.98. The van der Waals surface area contributed by atoms with Crippen molar-refractivity contribution >= 4 is 23.0 Å². The second-order valence-electron chi connectivity index (χ2n) is 6.45. The minimum atomic E-state index is -0.495. The lowest BCUT2D eigenvalue weighted by Crippen LogP contribution is -2.38. The maximum atomic E-state index is 12.7. The Morgan fingerprint density at radius 1 is 1.37 bits per heavy atom. The van der Waals surface area contributed by atoms with Crippen molar-refractivity contribution in [2.24, 2.45) is 5.92 Å². The number of ether oxygens (including phenoxy) is 1. The Morgan fingerprint density at radius 3 is 2.78 bits per heavy atom. The monoisotopic (exact) mass is 392 g/mol. The van der Waals surface area contributed by atoms with E-state index in [2.05, 4.69) is 10.00 Å². The molecule has 1 unspecified atom stereocenters. The van der Waals surface area contributed by atoms with Gasteiger partial charge in [-0.05, 0) is 37.8 Å². The lowest BCUT2D eigenvalue weighted by molar-refractivity contribution is -0.384. The van der Waals surface area contributed by atoms with Gasteiger partial charge >= 0.3 is 0 Å². The molecule has 1 aromatic heterocycles. The van der Waals surface area contributed by atoms with Gasteiger partial charge in [0.2, 0.25) is 0 Å². The highest BCUT2D eigenvalue weighted by atomic mass is 35.5. The predicted octanol–water partition coefficient (Wildman–Crippen LogP) is 3.05. The Kier molecular flexibility index (Phi) is 6.08. The maximum Gasteiger partial charge on any atom is 0.292 e. The quantitative estimate of drug-likeness (QED) is 0.554. The summed E-state index contributed by atoms with van der Waals surface area (Å²) in [6.45, 7) is 4.93. The zero-order valence-corrected chi connectivity index (χ0v) is 15.8. The number of hydrogen-bond donors (Lipinski definition) is 0. The van der Waals surface area contributed by atoms with Gasteiger partial charge in [-0.3, -0.25) is 14.9 Å². The van der Waals surface area contributed by atoms with E-state index >= 15 is 0 Å². The minimum Gasteiger partial charge on any atom is -0.381 e. The number of nitro groups is 1. The van der Waals surface area contributed by atoms with Crippen molar-refractivity contribution in [2.75, 3.05) is 31.2 Å². The van der Waals surface area contributed by atoms with E-state index < -0.39 is 10.5 Å². The highest BCUT2D eigenvalue weighted by molar-refractivity contribution is 6.33. The second-order valence-corrected chi connectivity index (χ2v) is 6.83. The predicted molar refractivity (Wildman–Crippen MR) is 103 cm³/mol. The summed E-state index contributed by atoms with van der Waals surface area (Å²) < 4.78 is 6.68. The van der Waals surface area contributed by atoms with Crippen LogP contribution in [-0.2, 0) is 4.74 Å². The van der Waals surface area contributed by atoms with Crippen molar-refractivity contribution in [1.82, 2.24) is 9.78 Å². The van der Waals surface area contributed by atoms with E-state index in [0.29, 0.717) is 30.5 Å². The Hall–Kier alpha value is -2.45. The molecular weight excluding hydrogens is 372 g/mol. The van der Waals surface area contributed by atoms with Crippen LogP contribution in [0.5, 0.6) is 0 Å². The first-order valence-electron chi connectivity index (χ1n) is 8.86. The van der Waals surface area contributed by atoms with Gasteiger partial charge in [0.05, 0.1) is 29.1 Å². The van der Waals surface area contributed by atoms with Crippen LogP contribution in [0, 0.1) is 16.0 Å². The number of nitro benzene ring substituents is 1. The van der Waals surface area contributed by atoms with Crippen molar-refractivity contribution in [3.05, 3.63) is 56.0 Å². The van der Waals surface area contributed by atoms with Gasteiger partial charge in [0.15, 0.2) is 0 Å². The summed E-state index contributed by atoms with van der Waals surface area (Å²) in [6.07, 6.45) is 3.66. The molecule has 2 heterocycles. The number of nitrogens with zero attached hydrogens (tertiary/aromatic N) is 4. The van der Waals surface area contributed by atoms with E-state index in [1.807, 2.05) is 6.92 Å². The van der Waals surface area contributed by atoms with Gasteiger partial charge in [-0.25, -0.2) is 0 Å². The molecular formula is C18H21ClN4O4. The van der Waals surface area contributed by atoms with Crippen LogP contribution in [0.25, 0.3) is 5.69 Å². The Morgan fingerprint density at radius 2 is 2.11 bits per heavy atom. The number of non-ortho nitro benzene ring substituents is 1. The molecule has 27 heavy (non-hydrogen) atoms. The molecule has 1 aliphatic rings. The van der Waals surface area contributed by atoms with Crippen LogP contribution in [0.3, 0.4) is 0 Å². The first-order valence-corrected chi connectivity index (χ1v) is 9.24. The topological polar surface area (TPSA) is 90.5 Å². The fraction of sp³-hybridized carbons (Fsp3) is 0.444. The fourth-order valence-corrected chi connectivity index (χ4v) is 3.50. The minimum absolute atomic E-state index is 0.0526. The molecule has 0 amide bonds. The molecule has 0 bridgehead atoms. The standard InChI is InChI=1S/C18H21ClN4O4/c1-2-27-12-13-4-3-9-21(11-13)16-10-20-22(18(24)17(16)19)14-5-7-15(8-6-14)23(25)26/h5-8,10,13H,2-4,9,11-12H2,1H3. The number of rotatable bonds is 6. The van der Waals surface area contributed by atoms with E-state index in [4.69, 9.17) is 16.3 Å². The van der Waals surface area contributed by atoms with Crippen LogP contribution in [-0.4, -0.2) is 41.0 Å². The average Bonchev–Trinajstić information content (AvgIpc) is 2.68. The van der Waals surface area contributed by atoms with Gasteiger partial charge in [-0.2, -0.15) is 9.78 Å². The van der Waals surface area contributed by atoms with Crippen molar-refractivity contribution in [3.8, 4) is 5.69 Å². The summed E-state index contributed by atoms with van der Waals surface area (Å²) in [4.78, 5) is 25.0. The van der Waals surface area contributed by atoms with Gasteiger partial charge in [-0.1, -0.05) is 11.6 Å². The maximum absolute atomic E-state index is 12.7. The number of aromatic nitrogens is 2. The van der Waals surface area contributed by atoms with E-state index in [0.717, 1.165) is 30.6 Å². The van der Waals surface area contributed by atoms with Crippen LogP contribution in [0.1, 0.15) is 19.8 Å². The molecule has 9 heteroatoms.